The van der Waals surface area contributed by atoms with Gasteiger partial charge >= 0.3 is 0 Å². The molecule has 2 aromatic carbocycles. The van der Waals surface area contributed by atoms with Crippen LogP contribution in [0, 0.1) is 0 Å². The maximum atomic E-state index is 13.3. The fourth-order valence-corrected chi connectivity index (χ4v) is 3.90. The van der Waals surface area contributed by atoms with Crippen LogP contribution >= 0.6 is 11.3 Å². The Balaban J connectivity index is 1.60. The van der Waals surface area contributed by atoms with Crippen molar-refractivity contribution < 1.29 is 4.79 Å². The largest absolute Gasteiger partial charge is 0.333 e. The van der Waals surface area contributed by atoms with Crippen molar-refractivity contribution >= 4 is 22.4 Å². The summed E-state index contributed by atoms with van der Waals surface area (Å²) in [4.78, 5) is 23.7. The summed E-state index contributed by atoms with van der Waals surface area (Å²) in [7, 11) is 0. The molecule has 0 saturated heterocycles. The number of hydrogen-bond acceptors (Lipinski definition) is 4. The molecule has 6 heteroatoms. The van der Waals surface area contributed by atoms with Gasteiger partial charge in [-0.25, -0.2) is 9.97 Å². The zero-order valence-electron chi connectivity index (χ0n) is 15.8. The van der Waals surface area contributed by atoms with E-state index < -0.39 is 0 Å². The highest BCUT2D eigenvalue weighted by Gasteiger charge is 2.20. The number of carbonyl (C=O) groups is 1. The number of rotatable bonds is 7. The average molecular weight is 401 g/mol. The fraction of sp³-hybridized carbons (Fsp3) is 0.0870. The molecule has 2 aromatic heterocycles. The lowest BCUT2D eigenvalue weighted by Crippen LogP contribution is -2.31. The van der Waals surface area contributed by atoms with Crippen LogP contribution in [0.1, 0.15) is 15.9 Å². The molecule has 4 aromatic rings. The normalized spacial score (nSPS) is 10.6. The van der Waals surface area contributed by atoms with E-state index in [0.29, 0.717) is 23.8 Å². The number of aromatic nitrogens is 3. The van der Waals surface area contributed by atoms with Crippen LogP contribution in [0.2, 0.25) is 0 Å². The lowest BCUT2D eigenvalue weighted by atomic mass is 10.1. The van der Waals surface area contributed by atoms with Crippen LogP contribution in [0.25, 0.3) is 11.3 Å². The van der Waals surface area contributed by atoms with Gasteiger partial charge in [0.25, 0.3) is 5.91 Å². The minimum Gasteiger partial charge on any atom is -0.333 e. The molecule has 0 aliphatic carbocycles. The molecule has 0 aliphatic rings. The van der Waals surface area contributed by atoms with E-state index in [2.05, 4.69) is 11.6 Å². The Morgan fingerprint density at radius 1 is 1.17 bits per heavy atom. The van der Waals surface area contributed by atoms with Crippen LogP contribution < -0.4 is 4.90 Å². The zero-order chi connectivity index (χ0) is 20.1. The molecule has 2 heterocycles. The molecule has 1 amide bonds. The minimum atomic E-state index is -0.0913. The Morgan fingerprint density at radius 3 is 2.79 bits per heavy atom. The third-order valence-corrected chi connectivity index (χ3v) is 5.31. The lowest BCUT2D eigenvalue weighted by molar-refractivity contribution is 0.0989. The summed E-state index contributed by atoms with van der Waals surface area (Å²) in [6.45, 7) is 4.87. The first-order valence-corrected chi connectivity index (χ1v) is 10.1. The minimum absolute atomic E-state index is 0.0913. The van der Waals surface area contributed by atoms with Gasteiger partial charge in [-0.3, -0.25) is 9.69 Å². The Bertz CT molecular complexity index is 1100. The van der Waals surface area contributed by atoms with Crippen molar-refractivity contribution in [1.82, 2.24) is 14.5 Å². The summed E-state index contributed by atoms with van der Waals surface area (Å²) in [5.74, 6) is -0.0913. The van der Waals surface area contributed by atoms with Crippen LogP contribution in [0.3, 0.4) is 0 Å². The van der Waals surface area contributed by atoms with Crippen LogP contribution in [-0.2, 0) is 6.54 Å². The van der Waals surface area contributed by atoms with Crippen molar-refractivity contribution in [2.75, 3.05) is 11.4 Å². The number of carbonyl (C=O) groups excluding carboxylic acids is 1. The van der Waals surface area contributed by atoms with E-state index in [-0.39, 0.29) is 5.91 Å². The Morgan fingerprint density at radius 2 is 2.03 bits per heavy atom. The van der Waals surface area contributed by atoms with Gasteiger partial charge in [0.2, 0.25) is 0 Å². The number of nitrogens with zero attached hydrogens (tertiary/aromatic N) is 4. The molecule has 0 N–H and O–H groups in total. The third kappa shape index (κ3) is 4.33. The summed E-state index contributed by atoms with van der Waals surface area (Å²) < 4.78 is 1.97. The van der Waals surface area contributed by atoms with Gasteiger partial charge in [0, 0.05) is 42.0 Å². The summed E-state index contributed by atoms with van der Waals surface area (Å²) in [5.41, 5.74) is 3.56. The highest BCUT2D eigenvalue weighted by Crippen LogP contribution is 2.28. The van der Waals surface area contributed by atoms with Gasteiger partial charge in [-0.15, -0.1) is 17.9 Å². The molecule has 0 radical (unpaired) electrons. The van der Waals surface area contributed by atoms with Gasteiger partial charge in [0.15, 0.2) is 5.13 Å². The van der Waals surface area contributed by atoms with Gasteiger partial charge in [-0.05, 0) is 17.7 Å². The standard InChI is InChI=1S/C23H20N4OS/c1-2-12-27(23-25-21(16-29-23)19-8-4-3-5-9-19)22(28)20-10-6-7-18(14-20)15-26-13-11-24-17-26/h2-11,13-14,16-17H,1,12,15H2. The number of anilines is 1. The zero-order valence-corrected chi connectivity index (χ0v) is 16.6. The van der Waals surface area contributed by atoms with Crippen molar-refractivity contribution in [3.63, 3.8) is 0 Å². The molecule has 0 atom stereocenters. The van der Waals surface area contributed by atoms with Gasteiger partial charge in [0.1, 0.15) is 0 Å². The molecule has 0 unspecified atom stereocenters. The summed E-state index contributed by atoms with van der Waals surface area (Å²) in [6.07, 6.45) is 7.13. The van der Waals surface area contributed by atoms with E-state index in [4.69, 9.17) is 4.98 Å². The summed E-state index contributed by atoms with van der Waals surface area (Å²) in [6, 6.07) is 17.6. The van der Waals surface area contributed by atoms with Crippen LogP contribution in [0.4, 0.5) is 5.13 Å². The van der Waals surface area contributed by atoms with Crippen LogP contribution in [-0.4, -0.2) is 27.0 Å². The number of amides is 1. The molecule has 0 aliphatic heterocycles. The van der Waals surface area contributed by atoms with Gasteiger partial charge in [-0.1, -0.05) is 48.5 Å². The maximum Gasteiger partial charge on any atom is 0.260 e. The molecule has 0 bridgehead atoms. The predicted molar refractivity (Wildman–Crippen MR) is 117 cm³/mol. The molecule has 5 nitrogen and oxygen atoms in total. The number of imidazole rings is 1. The van der Waals surface area contributed by atoms with E-state index in [9.17, 15) is 4.79 Å². The number of thiazole rings is 1. The predicted octanol–water partition coefficient (Wildman–Crippen LogP) is 4.89. The van der Waals surface area contributed by atoms with E-state index in [0.717, 1.165) is 16.8 Å². The molecule has 29 heavy (non-hydrogen) atoms. The molecule has 144 valence electrons. The van der Waals surface area contributed by atoms with Gasteiger partial charge in [-0.2, -0.15) is 0 Å². The summed E-state index contributed by atoms with van der Waals surface area (Å²) >= 11 is 1.46. The highest BCUT2D eigenvalue weighted by molar-refractivity contribution is 7.14. The van der Waals surface area contributed by atoms with E-state index in [1.54, 1.807) is 23.5 Å². The monoisotopic (exact) mass is 400 g/mol. The highest BCUT2D eigenvalue weighted by atomic mass is 32.1. The first kappa shape index (κ1) is 18.8. The van der Waals surface area contributed by atoms with Crippen LogP contribution in [0.5, 0.6) is 0 Å². The second-order valence-corrected chi connectivity index (χ2v) is 7.36. The smallest absolute Gasteiger partial charge is 0.260 e. The molecular formula is C23H20N4OS. The Labute approximate surface area is 173 Å². The number of benzene rings is 2. The Kier molecular flexibility index (Phi) is 5.63. The maximum absolute atomic E-state index is 13.3. The average Bonchev–Trinajstić information content (AvgIpc) is 3.45. The second-order valence-electron chi connectivity index (χ2n) is 6.52. The van der Waals surface area contributed by atoms with Gasteiger partial charge < -0.3 is 4.57 Å². The van der Waals surface area contributed by atoms with Crippen molar-refractivity contribution in [3.8, 4) is 11.3 Å². The van der Waals surface area contributed by atoms with E-state index in [1.807, 2.05) is 70.7 Å². The Hall–Kier alpha value is -3.51. The first-order valence-electron chi connectivity index (χ1n) is 9.23. The van der Waals surface area contributed by atoms with Crippen LogP contribution in [0.15, 0.2) is 91.4 Å². The van der Waals surface area contributed by atoms with Crippen molar-refractivity contribution in [2.24, 2.45) is 0 Å². The molecule has 0 spiro atoms. The first-order chi connectivity index (χ1) is 14.2. The van der Waals surface area contributed by atoms with E-state index >= 15 is 0 Å². The number of hydrogen-bond donors (Lipinski definition) is 0. The van der Waals surface area contributed by atoms with Crippen molar-refractivity contribution in [2.45, 2.75) is 6.54 Å². The van der Waals surface area contributed by atoms with Gasteiger partial charge in [0.05, 0.1) is 12.0 Å². The SMILES string of the molecule is C=CCN(C(=O)c1cccc(Cn2ccnc2)c1)c1nc(-c2ccccc2)cs1. The third-order valence-electron chi connectivity index (χ3n) is 4.45. The fourth-order valence-electron chi connectivity index (χ4n) is 3.06. The molecule has 4 rings (SSSR count). The topological polar surface area (TPSA) is 51.0 Å². The lowest BCUT2D eigenvalue weighted by Gasteiger charge is -2.18. The van der Waals surface area contributed by atoms with Crippen molar-refractivity contribution in [3.05, 3.63) is 102 Å². The van der Waals surface area contributed by atoms with Crippen molar-refractivity contribution in [1.29, 1.82) is 0 Å². The molecule has 0 fully saturated rings. The summed E-state index contributed by atoms with van der Waals surface area (Å²) in [5, 5.41) is 2.64. The van der Waals surface area contributed by atoms with E-state index in [1.165, 1.54) is 11.3 Å². The second kappa shape index (κ2) is 8.67. The quantitative estimate of drug-likeness (QED) is 0.415. The molecular weight excluding hydrogens is 380 g/mol. The molecule has 0 saturated carbocycles.